The van der Waals surface area contributed by atoms with Gasteiger partial charge in [-0.15, -0.1) is 10.3 Å². The summed E-state index contributed by atoms with van der Waals surface area (Å²) >= 11 is 0. The molecule has 1 aliphatic rings. The number of hydrazine groups is 2. The van der Waals surface area contributed by atoms with Crippen LogP contribution < -0.4 is 16.2 Å². The number of hydrogen-bond donors (Lipinski definition) is 3. The molecule has 0 aromatic rings. The lowest BCUT2D eigenvalue weighted by Gasteiger charge is -2.21. The number of hydrazone groups is 1. The molecule has 0 atom stereocenters. The number of amidine groups is 1. The molecule has 0 aliphatic carbocycles. The van der Waals surface area contributed by atoms with Gasteiger partial charge in [0.2, 0.25) is 0 Å². The maximum absolute atomic E-state index is 4.16. The molecule has 5 heteroatoms. The van der Waals surface area contributed by atoms with Crippen LogP contribution in [0.4, 0.5) is 0 Å². The first-order chi connectivity index (χ1) is 5.86. The fourth-order valence-corrected chi connectivity index (χ4v) is 0.816. The van der Waals surface area contributed by atoms with Crippen molar-refractivity contribution in [1.82, 2.24) is 21.4 Å². The molecule has 0 spiro atoms. The minimum Gasteiger partial charge on any atom is -0.369 e. The van der Waals surface area contributed by atoms with Crippen molar-refractivity contribution in [3.8, 4) is 0 Å². The standard InChI is InChI=1S/C7H14N5/c1-3-8-7-5-6-10-12(11-7)9-4-2/h5,9-10H,3-4H2,1-2H3,(H,8,11). The molecule has 3 N–H and O–H groups in total. The van der Waals surface area contributed by atoms with Gasteiger partial charge in [0.05, 0.1) is 6.20 Å². The van der Waals surface area contributed by atoms with E-state index in [1.807, 2.05) is 13.8 Å². The summed E-state index contributed by atoms with van der Waals surface area (Å²) in [6.45, 7) is 5.70. The topological polar surface area (TPSA) is 51.7 Å². The first kappa shape index (κ1) is 8.86. The average molecular weight is 168 g/mol. The molecule has 67 valence electrons. The predicted molar refractivity (Wildman–Crippen MR) is 47.6 cm³/mol. The summed E-state index contributed by atoms with van der Waals surface area (Å²) in [5, 5.41) is 8.77. The zero-order valence-electron chi connectivity index (χ0n) is 7.39. The molecule has 5 nitrogen and oxygen atoms in total. The first-order valence-electron chi connectivity index (χ1n) is 4.07. The summed E-state index contributed by atoms with van der Waals surface area (Å²) in [7, 11) is 0. The molecule has 0 aromatic heterocycles. The molecule has 1 radical (unpaired) electrons. The molecule has 0 fully saturated rings. The van der Waals surface area contributed by atoms with Crippen LogP contribution in [0, 0.1) is 6.20 Å². The normalized spacial score (nSPS) is 15.5. The Morgan fingerprint density at radius 3 is 3.08 bits per heavy atom. The molecule has 0 saturated heterocycles. The molecule has 0 amide bonds. The lowest BCUT2D eigenvalue weighted by molar-refractivity contribution is 0.143. The van der Waals surface area contributed by atoms with E-state index in [9.17, 15) is 0 Å². The fraction of sp³-hybridized carbons (Fsp3) is 0.571. The van der Waals surface area contributed by atoms with Gasteiger partial charge in [-0.1, -0.05) is 6.92 Å². The van der Waals surface area contributed by atoms with Crippen LogP contribution in [0.1, 0.15) is 13.8 Å². The van der Waals surface area contributed by atoms with Crippen LogP contribution in [0.25, 0.3) is 0 Å². The SMILES string of the molecule is CCNC1=NN(NCC)N[C]=C1. The van der Waals surface area contributed by atoms with Gasteiger partial charge < -0.3 is 5.32 Å². The first-order valence-corrected chi connectivity index (χ1v) is 4.07. The zero-order chi connectivity index (χ0) is 8.81. The Labute approximate surface area is 72.4 Å². The second-order valence-corrected chi connectivity index (χ2v) is 2.24. The molecule has 0 bridgehead atoms. The van der Waals surface area contributed by atoms with Gasteiger partial charge in [0.15, 0.2) is 5.84 Å². The predicted octanol–water partition coefficient (Wildman–Crippen LogP) is -0.429. The molecule has 0 aromatic carbocycles. The van der Waals surface area contributed by atoms with Gasteiger partial charge in [-0.25, -0.2) is 0 Å². The molecular weight excluding hydrogens is 154 g/mol. The van der Waals surface area contributed by atoms with E-state index >= 15 is 0 Å². The molecular formula is C7H14N5. The summed E-state index contributed by atoms with van der Waals surface area (Å²) in [4.78, 5) is 0. The lowest BCUT2D eigenvalue weighted by Crippen LogP contribution is -2.45. The molecule has 1 rings (SSSR count). The van der Waals surface area contributed by atoms with Crippen molar-refractivity contribution in [2.75, 3.05) is 13.1 Å². The van der Waals surface area contributed by atoms with E-state index in [0.717, 1.165) is 18.9 Å². The van der Waals surface area contributed by atoms with E-state index < -0.39 is 0 Å². The fourth-order valence-electron chi connectivity index (χ4n) is 0.816. The Kier molecular flexibility index (Phi) is 3.40. The van der Waals surface area contributed by atoms with Crippen LogP contribution in [0.2, 0.25) is 0 Å². The van der Waals surface area contributed by atoms with E-state index in [4.69, 9.17) is 0 Å². The number of nitrogens with one attached hydrogen (secondary N) is 3. The van der Waals surface area contributed by atoms with Gasteiger partial charge >= 0.3 is 0 Å². The van der Waals surface area contributed by atoms with Gasteiger partial charge in [-0.2, -0.15) is 5.43 Å². The van der Waals surface area contributed by atoms with E-state index in [2.05, 4.69) is 27.5 Å². The Morgan fingerprint density at radius 2 is 2.42 bits per heavy atom. The highest BCUT2D eigenvalue weighted by Crippen LogP contribution is 1.87. The van der Waals surface area contributed by atoms with Crippen LogP contribution in [0.5, 0.6) is 0 Å². The third kappa shape index (κ3) is 2.43. The van der Waals surface area contributed by atoms with E-state index in [1.54, 1.807) is 6.08 Å². The molecule has 12 heavy (non-hydrogen) atoms. The third-order valence-corrected chi connectivity index (χ3v) is 1.25. The van der Waals surface area contributed by atoms with Gasteiger partial charge in [-0.05, 0) is 6.92 Å². The van der Waals surface area contributed by atoms with Crippen LogP contribution in [-0.4, -0.2) is 24.2 Å². The zero-order valence-corrected chi connectivity index (χ0v) is 7.39. The quantitative estimate of drug-likeness (QED) is 0.535. The van der Waals surface area contributed by atoms with Crippen LogP contribution >= 0.6 is 0 Å². The smallest absolute Gasteiger partial charge is 0.151 e. The Morgan fingerprint density at radius 1 is 1.58 bits per heavy atom. The highest BCUT2D eigenvalue weighted by molar-refractivity contribution is 5.92. The Bertz CT molecular complexity index is 186. The van der Waals surface area contributed by atoms with Gasteiger partial charge in [-0.3, -0.25) is 5.43 Å². The van der Waals surface area contributed by atoms with Crippen molar-refractivity contribution >= 4 is 5.84 Å². The summed E-state index contributed by atoms with van der Waals surface area (Å²) in [6, 6.07) is 0. The molecule has 1 heterocycles. The van der Waals surface area contributed by atoms with Crippen molar-refractivity contribution in [1.29, 1.82) is 0 Å². The second kappa shape index (κ2) is 4.61. The maximum Gasteiger partial charge on any atom is 0.151 e. The minimum absolute atomic E-state index is 0.803. The van der Waals surface area contributed by atoms with Crippen LogP contribution in [0.15, 0.2) is 11.2 Å². The summed E-state index contributed by atoms with van der Waals surface area (Å²) in [5.74, 6) is 0.803. The molecule has 1 aliphatic heterocycles. The summed E-state index contributed by atoms with van der Waals surface area (Å²) in [6.07, 6.45) is 4.61. The largest absolute Gasteiger partial charge is 0.369 e. The maximum atomic E-state index is 4.16. The van der Waals surface area contributed by atoms with Crippen molar-refractivity contribution in [3.05, 3.63) is 12.3 Å². The van der Waals surface area contributed by atoms with E-state index in [0.29, 0.717) is 0 Å². The van der Waals surface area contributed by atoms with Crippen molar-refractivity contribution in [3.63, 3.8) is 0 Å². The van der Waals surface area contributed by atoms with Gasteiger partial charge in [0.25, 0.3) is 0 Å². The summed E-state index contributed by atoms with van der Waals surface area (Å²) in [5.41, 5.74) is 5.78. The number of hydrogen-bond acceptors (Lipinski definition) is 5. The minimum atomic E-state index is 0.803. The van der Waals surface area contributed by atoms with E-state index in [-0.39, 0.29) is 0 Å². The van der Waals surface area contributed by atoms with Crippen molar-refractivity contribution in [2.45, 2.75) is 13.8 Å². The highest BCUT2D eigenvalue weighted by Gasteiger charge is 2.03. The number of nitrogens with zero attached hydrogens (tertiary/aromatic N) is 2. The second-order valence-electron chi connectivity index (χ2n) is 2.24. The van der Waals surface area contributed by atoms with Crippen molar-refractivity contribution in [2.24, 2.45) is 5.10 Å². The summed E-state index contributed by atoms with van der Waals surface area (Å²) < 4.78 is 0. The van der Waals surface area contributed by atoms with Crippen LogP contribution in [-0.2, 0) is 0 Å². The monoisotopic (exact) mass is 168 g/mol. The number of rotatable bonds is 3. The van der Waals surface area contributed by atoms with Gasteiger partial charge in [0.1, 0.15) is 0 Å². The molecule has 0 unspecified atom stereocenters. The Balaban J connectivity index is 2.44. The van der Waals surface area contributed by atoms with Crippen molar-refractivity contribution < 1.29 is 0 Å². The molecule has 0 saturated carbocycles. The lowest BCUT2D eigenvalue weighted by atomic mass is 10.5. The third-order valence-electron chi connectivity index (χ3n) is 1.25. The van der Waals surface area contributed by atoms with Gasteiger partial charge in [0, 0.05) is 19.2 Å². The van der Waals surface area contributed by atoms with E-state index in [1.165, 1.54) is 5.23 Å². The average Bonchev–Trinajstić information content (AvgIpc) is 2.06. The highest BCUT2D eigenvalue weighted by atomic mass is 15.9. The van der Waals surface area contributed by atoms with Crippen LogP contribution in [0.3, 0.4) is 0 Å². The Hall–Kier alpha value is -1.23. The number of likely N-dealkylation sites (N-methyl/N-ethyl adjacent to an activating group) is 1.